The summed E-state index contributed by atoms with van der Waals surface area (Å²) in [5.41, 5.74) is 1.94. The van der Waals surface area contributed by atoms with Crippen LogP contribution in [0, 0.1) is 0 Å². The van der Waals surface area contributed by atoms with E-state index in [0.29, 0.717) is 31.0 Å². The second kappa shape index (κ2) is 8.16. The van der Waals surface area contributed by atoms with E-state index in [-0.39, 0.29) is 23.6 Å². The van der Waals surface area contributed by atoms with Gasteiger partial charge in [0.05, 0.1) is 26.9 Å². The molecule has 0 spiro atoms. The van der Waals surface area contributed by atoms with E-state index in [1.807, 2.05) is 12.1 Å². The van der Waals surface area contributed by atoms with Gasteiger partial charge in [0.1, 0.15) is 6.54 Å². The number of carbonyl (C=O) groups excluding carboxylic acids is 2. The van der Waals surface area contributed by atoms with Crippen molar-refractivity contribution in [1.82, 2.24) is 9.47 Å². The Labute approximate surface area is 162 Å². The van der Waals surface area contributed by atoms with Crippen LogP contribution in [0.2, 0.25) is 0 Å². The first-order valence-corrected chi connectivity index (χ1v) is 8.77. The summed E-state index contributed by atoms with van der Waals surface area (Å²) in [7, 11) is 4.41. The fourth-order valence-corrected chi connectivity index (χ4v) is 3.24. The Bertz CT molecular complexity index is 966. The van der Waals surface area contributed by atoms with Gasteiger partial charge in [0.2, 0.25) is 5.91 Å². The molecule has 8 heteroatoms. The Kier molecular flexibility index (Phi) is 5.67. The molecule has 0 saturated heterocycles. The Balaban J connectivity index is 1.78. The minimum atomic E-state index is -0.561. The number of rotatable bonds is 5. The number of aromatic nitrogens is 1. The number of ether oxygens (including phenoxy) is 3. The van der Waals surface area contributed by atoms with Crippen LogP contribution in [0.5, 0.6) is 11.5 Å². The van der Waals surface area contributed by atoms with Gasteiger partial charge in [0.15, 0.2) is 11.5 Å². The lowest BCUT2D eigenvalue weighted by molar-refractivity contribution is -0.132. The van der Waals surface area contributed by atoms with Gasteiger partial charge >= 0.3 is 5.97 Å². The number of methoxy groups -OCH3 is 3. The molecule has 0 bridgehead atoms. The minimum absolute atomic E-state index is 0.147. The van der Waals surface area contributed by atoms with Crippen LogP contribution in [-0.2, 0) is 29.0 Å². The predicted octanol–water partition coefficient (Wildman–Crippen LogP) is 1.24. The van der Waals surface area contributed by atoms with E-state index in [9.17, 15) is 14.4 Å². The number of amides is 1. The maximum atomic E-state index is 12.8. The smallest absolute Gasteiger partial charge is 0.339 e. The average Bonchev–Trinajstić information content (AvgIpc) is 2.73. The summed E-state index contributed by atoms with van der Waals surface area (Å²) >= 11 is 0. The van der Waals surface area contributed by atoms with E-state index in [1.54, 1.807) is 19.1 Å². The third kappa shape index (κ3) is 3.85. The number of carbonyl (C=O) groups is 2. The van der Waals surface area contributed by atoms with Crippen LogP contribution in [0.3, 0.4) is 0 Å². The molecule has 0 N–H and O–H groups in total. The van der Waals surface area contributed by atoms with Gasteiger partial charge in [-0.2, -0.15) is 0 Å². The van der Waals surface area contributed by atoms with Crippen LogP contribution < -0.4 is 15.0 Å². The molecule has 0 radical (unpaired) electrons. The minimum Gasteiger partial charge on any atom is -0.493 e. The van der Waals surface area contributed by atoms with E-state index in [0.717, 1.165) is 11.1 Å². The molecule has 0 unspecified atom stereocenters. The Morgan fingerprint density at radius 3 is 2.36 bits per heavy atom. The van der Waals surface area contributed by atoms with E-state index < -0.39 is 5.97 Å². The molecule has 0 atom stereocenters. The Hall–Kier alpha value is -3.29. The molecule has 1 aliphatic rings. The first-order chi connectivity index (χ1) is 13.5. The number of benzene rings is 1. The number of hydrogen-bond donors (Lipinski definition) is 0. The zero-order chi connectivity index (χ0) is 20.3. The fraction of sp³-hybridized carbons (Fsp3) is 0.350. The molecule has 2 aromatic rings. The monoisotopic (exact) mass is 386 g/mol. The van der Waals surface area contributed by atoms with Crippen molar-refractivity contribution in [3.05, 3.63) is 57.5 Å². The first kappa shape index (κ1) is 19.5. The van der Waals surface area contributed by atoms with Gasteiger partial charge in [-0.3, -0.25) is 9.59 Å². The number of esters is 1. The molecule has 0 aliphatic carbocycles. The van der Waals surface area contributed by atoms with Crippen molar-refractivity contribution < 1.29 is 23.8 Å². The molecule has 148 valence electrons. The van der Waals surface area contributed by atoms with Crippen LogP contribution in [0.4, 0.5) is 0 Å². The molecule has 2 heterocycles. The summed E-state index contributed by atoms with van der Waals surface area (Å²) in [5.74, 6) is 0.503. The quantitative estimate of drug-likeness (QED) is 0.719. The van der Waals surface area contributed by atoms with Crippen molar-refractivity contribution >= 4 is 11.9 Å². The van der Waals surface area contributed by atoms with E-state index in [2.05, 4.69) is 4.74 Å². The number of nitrogens with zero attached hydrogens (tertiary/aromatic N) is 2. The molecule has 8 nitrogen and oxygen atoms in total. The molecule has 1 aromatic heterocycles. The maximum absolute atomic E-state index is 12.8. The number of fused-ring (bicyclic) bond motifs is 1. The Morgan fingerprint density at radius 1 is 1.04 bits per heavy atom. The molecule has 1 aliphatic heterocycles. The molecular weight excluding hydrogens is 364 g/mol. The summed E-state index contributed by atoms with van der Waals surface area (Å²) in [6.45, 7) is 0.805. The van der Waals surface area contributed by atoms with Gasteiger partial charge in [-0.25, -0.2) is 4.79 Å². The van der Waals surface area contributed by atoms with Crippen molar-refractivity contribution in [3.8, 4) is 11.5 Å². The molecule has 3 rings (SSSR count). The summed E-state index contributed by atoms with van der Waals surface area (Å²) in [6.07, 6.45) is 2.02. The lowest BCUT2D eigenvalue weighted by Gasteiger charge is -2.30. The van der Waals surface area contributed by atoms with E-state index in [4.69, 9.17) is 9.47 Å². The van der Waals surface area contributed by atoms with Gasteiger partial charge in [-0.05, 0) is 35.7 Å². The molecule has 1 aromatic carbocycles. The van der Waals surface area contributed by atoms with Gasteiger partial charge in [0, 0.05) is 25.4 Å². The van der Waals surface area contributed by atoms with Crippen LogP contribution in [-0.4, -0.2) is 49.2 Å². The topological polar surface area (TPSA) is 87.1 Å². The highest BCUT2D eigenvalue weighted by atomic mass is 16.5. The highest BCUT2D eigenvalue weighted by Crippen LogP contribution is 2.33. The van der Waals surface area contributed by atoms with E-state index >= 15 is 0 Å². The zero-order valence-corrected chi connectivity index (χ0v) is 16.1. The molecular formula is C20H22N2O6. The predicted molar refractivity (Wildman–Crippen MR) is 101 cm³/mol. The summed E-state index contributed by atoms with van der Waals surface area (Å²) < 4.78 is 16.5. The zero-order valence-electron chi connectivity index (χ0n) is 16.1. The van der Waals surface area contributed by atoms with Crippen LogP contribution in [0.25, 0.3) is 0 Å². The SMILES string of the molecule is COC(=O)c1ccc(=O)n(CC(=O)N2CCc3cc(OC)c(OC)cc3C2)c1. The van der Waals surface area contributed by atoms with Crippen molar-refractivity contribution in [3.63, 3.8) is 0 Å². The molecule has 1 amide bonds. The van der Waals surface area contributed by atoms with Crippen LogP contribution in [0.15, 0.2) is 35.3 Å². The van der Waals surface area contributed by atoms with Gasteiger partial charge in [-0.1, -0.05) is 0 Å². The highest BCUT2D eigenvalue weighted by Gasteiger charge is 2.23. The van der Waals surface area contributed by atoms with Gasteiger partial charge < -0.3 is 23.7 Å². The summed E-state index contributed by atoms with van der Waals surface area (Å²) in [4.78, 5) is 38.2. The second-order valence-electron chi connectivity index (χ2n) is 6.42. The third-order valence-corrected chi connectivity index (χ3v) is 4.78. The second-order valence-corrected chi connectivity index (χ2v) is 6.42. The lowest BCUT2D eigenvalue weighted by Crippen LogP contribution is -2.39. The fourth-order valence-electron chi connectivity index (χ4n) is 3.24. The largest absolute Gasteiger partial charge is 0.493 e. The van der Waals surface area contributed by atoms with Crippen LogP contribution in [0.1, 0.15) is 21.5 Å². The van der Waals surface area contributed by atoms with Gasteiger partial charge in [0.25, 0.3) is 5.56 Å². The van der Waals surface area contributed by atoms with Crippen molar-refractivity contribution in [1.29, 1.82) is 0 Å². The standard InChI is InChI=1S/C20H22N2O6/c1-26-16-8-13-6-7-21(11-15(13)9-17(16)27-2)19(24)12-22-10-14(20(25)28-3)4-5-18(22)23/h4-5,8-10H,6-7,11-12H2,1-3H3. The maximum Gasteiger partial charge on any atom is 0.339 e. The van der Waals surface area contributed by atoms with Crippen molar-refractivity contribution in [2.45, 2.75) is 19.5 Å². The number of hydrogen-bond acceptors (Lipinski definition) is 6. The van der Waals surface area contributed by atoms with E-state index in [1.165, 1.54) is 30.0 Å². The Morgan fingerprint density at radius 2 is 1.71 bits per heavy atom. The van der Waals surface area contributed by atoms with Gasteiger partial charge in [-0.15, -0.1) is 0 Å². The third-order valence-electron chi connectivity index (χ3n) is 4.78. The van der Waals surface area contributed by atoms with Crippen molar-refractivity contribution in [2.75, 3.05) is 27.9 Å². The average molecular weight is 386 g/mol. The molecule has 0 fully saturated rings. The summed E-state index contributed by atoms with van der Waals surface area (Å²) in [5, 5.41) is 0. The molecule has 0 saturated carbocycles. The number of pyridine rings is 1. The first-order valence-electron chi connectivity index (χ1n) is 8.77. The lowest BCUT2D eigenvalue weighted by atomic mass is 9.98. The molecule has 28 heavy (non-hydrogen) atoms. The van der Waals surface area contributed by atoms with Crippen molar-refractivity contribution in [2.24, 2.45) is 0 Å². The normalized spacial score (nSPS) is 12.9. The highest BCUT2D eigenvalue weighted by molar-refractivity contribution is 5.89. The summed E-state index contributed by atoms with van der Waals surface area (Å²) in [6, 6.07) is 6.44. The van der Waals surface area contributed by atoms with Crippen LogP contribution >= 0.6 is 0 Å².